The van der Waals surface area contributed by atoms with Gasteiger partial charge in [-0.1, -0.05) is 57.6 Å². The summed E-state index contributed by atoms with van der Waals surface area (Å²) >= 11 is 12.5. The highest BCUT2D eigenvalue weighted by Gasteiger charge is 2.45. The smallest absolute Gasteiger partial charge is 0.258 e. The zero-order valence-electron chi connectivity index (χ0n) is 19.3. The zero-order valence-corrected chi connectivity index (χ0v) is 22.2. The van der Waals surface area contributed by atoms with Crippen LogP contribution in [0.25, 0.3) is 0 Å². The Morgan fingerprint density at radius 3 is 2.09 bits per heavy atom. The van der Waals surface area contributed by atoms with Gasteiger partial charge in [0.25, 0.3) is 11.5 Å². The van der Waals surface area contributed by atoms with Crippen LogP contribution in [-0.2, 0) is 19.4 Å². The molecule has 0 heterocycles. The summed E-state index contributed by atoms with van der Waals surface area (Å²) in [5.74, 6) is -2.15. The van der Waals surface area contributed by atoms with E-state index in [2.05, 4.69) is 21.9 Å². The summed E-state index contributed by atoms with van der Waals surface area (Å²) in [5, 5.41) is 10.7. The van der Waals surface area contributed by atoms with Crippen LogP contribution < -0.4 is 0 Å². The van der Waals surface area contributed by atoms with Crippen LogP contribution in [0.5, 0.6) is 0 Å². The molecule has 0 aromatic heterocycles. The Morgan fingerprint density at radius 2 is 1.59 bits per heavy atom. The van der Waals surface area contributed by atoms with Crippen molar-refractivity contribution in [2.45, 2.75) is 80.5 Å². The standard InChI is InChI=1S/C22H28Cl2N4O5Si/c1-3-4-5-6-7-8-11-21(34-20(23)24,13-22(25-14-29,26-15-30)27-16-31)18-10-9-17(2)19(12-18)28(32)33/h9-10,12,20H,3-8,11,13,34H2,1-2H3. The molecule has 1 unspecified atom stereocenters. The number of carbonyl (C=O) groups excluding carboxylic acids is 3. The van der Waals surface area contributed by atoms with Gasteiger partial charge in [-0.05, 0) is 23.9 Å². The number of nitrogens with zero attached hydrogens (tertiary/aromatic N) is 4. The fourth-order valence-corrected chi connectivity index (χ4v) is 7.92. The number of hydrogen-bond donors (Lipinski definition) is 0. The minimum absolute atomic E-state index is 0.0956. The number of alkyl halides is 2. The number of hydrogen-bond acceptors (Lipinski definition) is 8. The second-order valence-electron chi connectivity index (χ2n) is 8.21. The lowest BCUT2D eigenvalue weighted by Crippen LogP contribution is -2.43. The van der Waals surface area contributed by atoms with Gasteiger partial charge in [-0.15, -0.1) is 23.2 Å². The molecule has 0 saturated heterocycles. The number of aryl methyl sites for hydroxylation is 1. The van der Waals surface area contributed by atoms with Gasteiger partial charge in [0.2, 0.25) is 18.2 Å². The maximum absolute atomic E-state index is 11.6. The van der Waals surface area contributed by atoms with Gasteiger partial charge in [0.1, 0.15) is 0 Å². The Morgan fingerprint density at radius 1 is 1.03 bits per heavy atom. The van der Waals surface area contributed by atoms with Crippen LogP contribution in [-0.4, -0.2) is 42.9 Å². The van der Waals surface area contributed by atoms with Gasteiger partial charge >= 0.3 is 0 Å². The van der Waals surface area contributed by atoms with Crippen LogP contribution in [0.3, 0.4) is 0 Å². The third-order valence-corrected chi connectivity index (χ3v) is 8.85. The monoisotopic (exact) mass is 526 g/mol. The maximum atomic E-state index is 11.6. The highest BCUT2D eigenvalue weighted by atomic mass is 35.5. The number of rotatable bonds is 16. The highest BCUT2D eigenvalue weighted by molar-refractivity contribution is 6.70. The molecule has 0 bridgehead atoms. The Hall–Kier alpha value is -2.44. The first kappa shape index (κ1) is 29.6. The van der Waals surface area contributed by atoms with E-state index < -0.39 is 29.7 Å². The van der Waals surface area contributed by atoms with Crippen molar-refractivity contribution in [3.63, 3.8) is 0 Å². The summed E-state index contributed by atoms with van der Waals surface area (Å²) in [4.78, 5) is 55.2. The molecule has 1 aromatic rings. The molecule has 0 aliphatic heterocycles. The number of benzene rings is 1. The summed E-state index contributed by atoms with van der Waals surface area (Å²) in [6, 6.07) is 4.79. The fourth-order valence-electron chi connectivity index (χ4n) is 4.17. The number of halogens is 2. The molecule has 12 heteroatoms. The summed E-state index contributed by atoms with van der Waals surface area (Å²) < 4.78 is -0.779. The molecule has 0 fully saturated rings. The minimum atomic E-state index is -2.15. The fraction of sp³-hybridized carbons (Fsp3) is 0.591. The van der Waals surface area contributed by atoms with Gasteiger partial charge in [0, 0.05) is 18.1 Å². The van der Waals surface area contributed by atoms with Gasteiger partial charge < -0.3 is 0 Å². The molecule has 9 nitrogen and oxygen atoms in total. The van der Waals surface area contributed by atoms with Crippen molar-refractivity contribution in [2.24, 2.45) is 15.0 Å². The second kappa shape index (κ2) is 14.7. The molecule has 184 valence electrons. The van der Waals surface area contributed by atoms with Crippen LogP contribution in [0.4, 0.5) is 5.69 Å². The van der Waals surface area contributed by atoms with E-state index in [1.807, 2.05) is 0 Å². The van der Waals surface area contributed by atoms with Crippen molar-refractivity contribution in [3.05, 3.63) is 39.4 Å². The van der Waals surface area contributed by atoms with E-state index in [0.717, 1.165) is 38.5 Å². The molecule has 0 N–H and O–H groups in total. The Balaban J connectivity index is 3.68. The number of unbranched alkanes of at least 4 members (excludes halogenated alkanes) is 5. The van der Waals surface area contributed by atoms with Crippen molar-refractivity contribution in [1.29, 1.82) is 0 Å². The average molecular weight is 527 g/mol. The third-order valence-electron chi connectivity index (χ3n) is 5.82. The van der Waals surface area contributed by atoms with Crippen LogP contribution in [0.2, 0.25) is 0 Å². The van der Waals surface area contributed by atoms with Crippen LogP contribution in [0, 0.1) is 17.0 Å². The van der Waals surface area contributed by atoms with E-state index >= 15 is 0 Å². The molecule has 1 rings (SSSR count). The highest BCUT2D eigenvalue weighted by Crippen LogP contribution is 2.42. The van der Waals surface area contributed by atoms with Crippen molar-refractivity contribution in [1.82, 2.24) is 0 Å². The van der Waals surface area contributed by atoms with Crippen molar-refractivity contribution >= 4 is 56.6 Å². The molecular formula is C22H28Cl2N4O5Si. The molecule has 0 amide bonds. The summed E-state index contributed by atoms with van der Waals surface area (Å²) in [7, 11) is -1.53. The summed E-state index contributed by atoms with van der Waals surface area (Å²) in [6.45, 7) is 3.74. The van der Waals surface area contributed by atoms with E-state index in [9.17, 15) is 24.5 Å². The quantitative estimate of drug-likeness (QED) is 0.0578. The summed E-state index contributed by atoms with van der Waals surface area (Å²) in [5.41, 5.74) is 0.914. The molecule has 1 aromatic carbocycles. The summed E-state index contributed by atoms with van der Waals surface area (Å²) in [6.07, 6.45) is 10.1. The first-order valence-electron chi connectivity index (χ1n) is 11.0. The molecule has 34 heavy (non-hydrogen) atoms. The van der Waals surface area contributed by atoms with Crippen molar-refractivity contribution in [2.75, 3.05) is 0 Å². The normalized spacial score (nSPS) is 14.5. The molecule has 0 radical (unpaired) electrons. The van der Waals surface area contributed by atoms with Crippen LogP contribution in [0.1, 0.15) is 69.4 Å². The SMILES string of the molecule is CCCCCCCCC(CC(N=C=O)(N=C=O)N=C=O)([SiH2]C(Cl)Cl)c1ccc(C)c([N+](=O)[O-])c1. The lowest BCUT2D eigenvalue weighted by molar-refractivity contribution is -0.385. The number of aliphatic imine (C=N–C) groups is 3. The number of nitro benzene ring substituents is 1. The minimum Gasteiger partial charge on any atom is -0.258 e. The first-order valence-corrected chi connectivity index (χ1v) is 13.4. The number of nitro groups is 1. The lowest BCUT2D eigenvalue weighted by atomic mass is 9.85. The van der Waals surface area contributed by atoms with Gasteiger partial charge in [-0.25, -0.2) is 14.4 Å². The average Bonchev–Trinajstić information content (AvgIpc) is 2.76. The molecule has 0 saturated carbocycles. The van der Waals surface area contributed by atoms with Crippen molar-refractivity contribution < 1.29 is 19.3 Å². The lowest BCUT2D eigenvalue weighted by Gasteiger charge is -2.38. The van der Waals surface area contributed by atoms with E-state index in [1.165, 1.54) is 24.3 Å². The maximum Gasteiger partial charge on any atom is 0.278 e. The Kier molecular flexibility index (Phi) is 12.8. The predicted molar refractivity (Wildman–Crippen MR) is 133 cm³/mol. The van der Waals surface area contributed by atoms with Gasteiger partial charge in [-0.2, -0.15) is 15.0 Å². The van der Waals surface area contributed by atoms with Crippen LogP contribution in [0.15, 0.2) is 33.2 Å². The molecule has 0 aliphatic carbocycles. The predicted octanol–water partition coefficient (Wildman–Crippen LogP) is 4.83. The molecular weight excluding hydrogens is 499 g/mol. The zero-order chi connectivity index (χ0) is 25.6. The Bertz CT molecular complexity index is 944. The van der Waals surface area contributed by atoms with E-state index in [0.29, 0.717) is 17.5 Å². The van der Waals surface area contributed by atoms with Gasteiger partial charge in [0.05, 0.1) is 18.9 Å². The van der Waals surface area contributed by atoms with E-state index in [4.69, 9.17) is 23.2 Å². The second-order valence-corrected chi connectivity index (χ2v) is 13.1. The third kappa shape index (κ3) is 8.73. The van der Waals surface area contributed by atoms with E-state index in [1.54, 1.807) is 19.1 Å². The van der Waals surface area contributed by atoms with E-state index in [-0.39, 0.29) is 12.1 Å². The topological polar surface area (TPSA) is 131 Å². The Labute approximate surface area is 210 Å². The van der Waals surface area contributed by atoms with Gasteiger partial charge in [-0.3, -0.25) is 10.1 Å². The largest absolute Gasteiger partial charge is 0.278 e. The van der Waals surface area contributed by atoms with Gasteiger partial charge in [0.15, 0.2) is 0 Å². The molecule has 1 atom stereocenters. The van der Waals surface area contributed by atoms with Crippen LogP contribution >= 0.6 is 23.2 Å². The molecule has 0 spiro atoms. The molecule has 0 aliphatic rings. The number of isocyanates is 3. The van der Waals surface area contributed by atoms with Crippen molar-refractivity contribution in [3.8, 4) is 0 Å². The first-order chi connectivity index (χ1) is 16.2.